The molecule has 1 aromatic heterocycles. The molecule has 0 saturated heterocycles. The Labute approximate surface area is 119 Å². The number of hydrogen-bond acceptors (Lipinski definition) is 0. The molecule has 20 heavy (non-hydrogen) atoms. The predicted octanol–water partition coefficient (Wildman–Crippen LogP) is 4.90. The van der Waals surface area contributed by atoms with E-state index in [9.17, 15) is 0 Å². The number of fused-ring (bicyclic) bond motifs is 3. The fourth-order valence-corrected chi connectivity index (χ4v) is 3.33. The van der Waals surface area contributed by atoms with E-state index in [-0.39, 0.29) is 0 Å². The van der Waals surface area contributed by atoms with E-state index in [0.29, 0.717) is 0 Å². The van der Waals surface area contributed by atoms with Crippen molar-refractivity contribution < 1.29 is 0 Å². The molecule has 0 saturated carbocycles. The van der Waals surface area contributed by atoms with Crippen molar-refractivity contribution in [2.75, 3.05) is 0 Å². The van der Waals surface area contributed by atoms with Crippen molar-refractivity contribution in [2.24, 2.45) is 0 Å². The molecule has 1 heterocycles. The Morgan fingerprint density at radius 3 is 2.65 bits per heavy atom. The number of hydrogen-bond donors (Lipinski definition) is 0. The van der Waals surface area contributed by atoms with Gasteiger partial charge < -0.3 is 4.57 Å². The molecular weight excluding hydrogens is 242 g/mol. The molecule has 98 valence electrons. The van der Waals surface area contributed by atoms with Crippen molar-refractivity contribution in [3.63, 3.8) is 0 Å². The predicted molar refractivity (Wildman–Crippen MR) is 85.4 cm³/mol. The minimum Gasteiger partial charge on any atom is -0.310 e. The molecule has 0 amide bonds. The summed E-state index contributed by atoms with van der Waals surface area (Å²) in [6, 6.07) is 17.3. The highest BCUT2D eigenvalue weighted by Gasteiger charge is 2.18. The van der Waals surface area contributed by atoms with Gasteiger partial charge in [0.2, 0.25) is 0 Å². The van der Waals surface area contributed by atoms with Gasteiger partial charge in [0.15, 0.2) is 0 Å². The van der Waals surface area contributed by atoms with Crippen molar-refractivity contribution >= 4 is 17.0 Å². The van der Waals surface area contributed by atoms with Crippen LogP contribution in [0.3, 0.4) is 0 Å². The van der Waals surface area contributed by atoms with Crippen LogP contribution in [0.5, 0.6) is 0 Å². The van der Waals surface area contributed by atoms with Gasteiger partial charge in [0.25, 0.3) is 0 Å². The third-order valence-electron chi connectivity index (χ3n) is 4.19. The second kappa shape index (κ2) is 4.38. The van der Waals surface area contributed by atoms with Gasteiger partial charge >= 0.3 is 0 Å². The number of aryl methyl sites for hydroxylation is 2. The molecule has 1 heteroatoms. The fourth-order valence-electron chi connectivity index (χ4n) is 3.33. The second-order valence-corrected chi connectivity index (χ2v) is 5.44. The summed E-state index contributed by atoms with van der Waals surface area (Å²) in [5.41, 5.74) is 6.81. The van der Waals surface area contributed by atoms with Crippen LogP contribution in [0, 0.1) is 6.92 Å². The van der Waals surface area contributed by atoms with Gasteiger partial charge in [0.05, 0.1) is 5.52 Å². The van der Waals surface area contributed by atoms with Gasteiger partial charge in [-0.15, -0.1) is 0 Å². The van der Waals surface area contributed by atoms with Crippen LogP contribution in [0.25, 0.3) is 22.7 Å². The molecule has 0 N–H and O–H groups in total. The average molecular weight is 259 g/mol. The molecule has 2 aromatic carbocycles. The maximum absolute atomic E-state index is 2.40. The first kappa shape index (κ1) is 11.5. The number of para-hydroxylation sites is 1. The Bertz CT molecular complexity index is 807. The molecule has 4 rings (SSSR count). The van der Waals surface area contributed by atoms with E-state index in [4.69, 9.17) is 0 Å². The Morgan fingerprint density at radius 1 is 0.950 bits per heavy atom. The van der Waals surface area contributed by atoms with Crippen molar-refractivity contribution in [1.29, 1.82) is 0 Å². The highest BCUT2D eigenvalue weighted by atomic mass is 15.0. The molecule has 0 atom stereocenters. The highest BCUT2D eigenvalue weighted by Crippen LogP contribution is 2.35. The Balaban J connectivity index is 2.16. The smallest absolute Gasteiger partial charge is 0.0540 e. The van der Waals surface area contributed by atoms with Gasteiger partial charge in [-0.2, -0.15) is 0 Å². The number of aromatic nitrogens is 1. The van der Waals surface area contributed by atoms with E-state index in [2.05, 4.69) is 72.2 Å². The molecule has 1 nitrogen and oxygen atoms in total. The molecule has 0 bridgehead atoms. The van der Waals surface area contributed by atoms with Gasteiger partial charge in [-0.1, -0.05) is 36.4 Å². The van der Waals surface area contributed by atoms with Gasteiger partial charge in [-0.25, -0.2) is 0 Å². The summed E-state index contributed by atoms with van der Waals surface area (Å²) in [6.07, 6.45) is 6.86. The van der Waals surface area contributed by atoms with Crippen LogP contribution < -0.4 is 0 Å². The van der Waals surface area contributed by atoms with Gasteiger partial charge in [-0.3, -0.25) is 0 Å². The molecule has 0 radical (unpaired) electrons. The average Bonchev–Trinajstić information content (AvgIpc) is 2.84. The molecule has 3 aromatic rings. The van der Waals surface area contributed by atoms with Gasteiger partial charge in [-0.05, 0) is 55.2 Å². The first-order valence-electron chi connectivity index (χ1n) is 7.21. The molecular formula is C19H17N. The molecule has 0 unspecified atom stereocenters. The van der Waals surface area contributed by atoms with E-state index in [1.54, 1.807) is 0 Å². The number of rotatable bonds is 1. The SMILES string of the molecule is Cc1cccc2c1c1c(n2-c2ccccc2)C=CCC1. The summed E-state index contributed by atoms with van der Waals surface area (Å²) in [7, 11) is 0. The summed E-state index contributed by atoms with van der Waals surface area (Å²) in [4.78, 5) is 0. The van der Waals surface area contributed by atoms with E-state index < -0.39 is 0 Å². The van der Waals surface area contributed by atoms with Crippen LogP contribution in [0.4, 0.5) is 0 Å². The largest absolute Gasteiger partial charge is 0.310 e. The molecule has 1 aliphatic rings. The zero-order valence-electron chi connectivity index (χ0n) is 11.6. The van der Waals surface area contributed by atoms with Crippen LogP contribution in [0.2, 0.25) is 0 Å². The van der Waals surface area contributed by atoms with Crippen LogP contribution in [-0.4, -0.2) is 4.57 Å². The van der Waals surface area contributed by atoms with Crippen LogP contribution >= 0.6 is 0 Å². The molecule has 0 spiro atoms. The molecule has 0 aliphatic heterocycles. The molecule has 1 aliphatic carbocycles. The lowest BCUT2D eigenvalue weighted by Gasteiger charge is -2.11. The Hall–Kier alpha value is -2.28. The zero-order chi connectivity index (χ0) is 13.5. The minimum atomic E-state index is 1.15. The summed E-state index contributed by atoms with van der Waals surface area (Å²) in [5.74, 6) is 0. The van der Waals surface area contributed by atoms with Gasteiger partial charge in [0, 0.05) is 16.8 Å². The highest BCUT2D eigenvalue weighted by molar-refractivity contribution is 5.93. The maximum atomic E-state index is 2.40. The zero-order valence-corrected chi connectivity index (χ0v) is 11.6. The van der Waals surface area contributed by atoms with Gasteiger partial charge in [0.1, 0.15) is 0 Å². The monoisotopic (exact) mass is 259 g/mol. The van der Waals surface area contributed by atoms with Crippen LogP contribution in [0.15, 0.2) is 54.6 Å². The van der Waals surface area contributed by atoms with E-state index in [0.717, 1.165) is 12.8 Å². The summed E-state index contributed by atoms with van der Waals surface area (Å²) in [5, 5.41) is 1.44. The van der Waals surface area contributed by atoms with Crippen molar-refractivity contribution in [2.45, 2.75) is 19.8 Å². The van der Waals surface area contributed by atoms with E-state index in [1.807, 2.05) is 0 Å². The Morgan fingerprint density at radius 2 is 1.80 bits per heavy atom. The summed E-state index contributed by atoms with van der Waals surface area (Å²) < 4.78 is 2.40. The maximum Gasteiger partial charge on any atom is 0.0540 e. The van der Waals surface area contributed by atoms with E-state index in [1.165, 1.54) is 33.4 Å². The van der Waals surface area contributed by atoms with Crippen molar-refractivity contribution in [3.05, 3.63) is 71.4 Å². The molecule has 0 fully saturated rings. The second-order valence-electron chi connectivity index (χ2n) is 5.44. The third kappa shape index (κ3) is 1.56. The Kier molecular flexibility index (Phi) is 2.53. The normalized spacial score (nSPS) is 13.7. The summed E-state index contributed by atoms with van der Waals surface area (Å²) in [6.45, 7) is 2.22. The van der Waals surface area contributed by atoms with Crippen molar-refractivity contribution in [3.8, 4) is 5.69 Å². The first-order chi connectivity index (χ1) is 9.86. The number of benzene rings is 2. The lowest BCUT2D eigenvalue weighted by Crippen LogP contribution is -1.99. The quantitative estimate of drug-likeness (QED) is 0.586. The standard InChI is InChI=1S/C19H17N/c1-14-8-7-13-18-19(14)16-11-5-6-12-17(16)20(18)15-9-3-2-4-10-15/h2-4,6-10,12-13H,5,11H2,1H3. The third-order valence-corrected chi connectivity index (χ3v) is 4.19. The topological polar surface area (TPSA) is 4.93 Å². The first-order valence-corrected chi connectivity index (χ1v) is 7.21. The number of nitrogens with zero attached hydrogens (tertiary/aromatic N) is 1. The van der Waals surface area contributed by atoms with Crippen LogP contribution in [0.1, 0.15) is 23.2 Å². The van der Waals surface area contributed by atoms with Crippen molar-refractivity contribution in [1.82, 2.24) is 4.57 Å². The van der Waals surface area contributed by atoms with E-state index >= 15 is 0 Å². The fraction of sp³-hybridized carbons (Fsp3) is 0.158. The number of allylic oxidation sites excluding steroid dienone is 1. The minimum absolute atomic E-state index is 1.15. The van der Waals surface area contributed by atoms with Crippen LogP contribution in [-0.2, 0) is 6.42 Å². The lowest BCUT2D eigenvalue weighted by atomic mass is 9.98. The summed E-state index contributed by atoms with van der Waals surface area (Å²) >= 11 is 0. The lowest BCUT2D eigenvalue weighted by molar-refractivity contribution is 0.967.